The van der Waals surface area contributed by atoms with Crippen molar-refractivity contribution in [2.45, 2.75) is 51.6 Å². The van der Waals surface area contributed by atoms with Gasteiger partial charge in [0.2, 0.25) is 5.91 Å². The Morgan fingerprint density at radius 1 is 1.38 bits per heavy atom. The Morgan fingerprint density at radius 2 is 2.12 bits per heavy atom. The molecule has 0 bridgehead atoms. The molecule has 0 unspecified atom stereocenters. The van der Waals surface area contributed by atoms with Crippen molar-refractivity contribution >= 4 is 5.91 Å². The number of rotatable bonds is 6. The van der Waals surface area contributed by atoms with E-state index in [1.807, 2.05) is 6.92 Å². The maximum absolute atomic E-state index is 11.1. The average Bonchev–Trinajstić information content (AvgIpc) is 2.30. The molecule has 0 heterocycles. The van der Waals surface area contributed by atoms with Gasteiger partial charge in [0.25, 0.3) is 0 Å². The highest BCUT2D eigenvalue weighted by Gasteiger charge is 2.12. The van der Waals surface area contributed by atoms with Crippen LogP contribution in [-0.4, -0.2) is 25.2 Å². The molecule has 92 valence electrons. The van der Waals surface area contributed by atoms with Crippen molar-refractivity contribution in [2.24, 2.45) is 0 Å². The predicted octanol–water partition coefficient (Wildman–Crippen LogP) is 2.42. The molecular weight excluding hydrogens is 202 g/mol. The third kappa shape index (κ3) is 5.91. The Balaban J connectivity index is 1.93. The van der Waals surface area contributed by atoms with E-state index in [1.165, 1.54) is 32.1 Å². The standard InChI is InChI=1S/C13H23NO2/c1-2-7-13(15)14-10-6-11-16-12-8-4-3-5-9-12/h2,7,12H,3-6,8-11H2,1H3,(H,14,15). The molecule has 1 fully saturated rings. The first-order valence-corrected chi connectivity index (χ1v) is 6.35. The van der Waals surface area contributed by atoms with Gasteiger partial charge in [0.1, 0.15) is 0 Å². The minimum absolute atomic E-state index is 0.0137. The lowest BCUT2D eigenvalue weighted by molar-refractivity contribution is -0.116. The molecule has 1 amide bonds. The summed E-state index contributed by atoms with van der Waals surface area (Å²) in [7, 11) is 0. The van der Waals surface area contributed by atoms with Gasteiger partial charge in [-0.3, -0.25) is 4.79 Å². The number of carbonyl (C=O) groups is 1. The topological polar surface area (TPSA) is 38.3 Å². The molecule has 0 aromatic heterocycles. The molecule has 1 N–H and O–H groups in total. The molecule has 1 aliphatic rings. The van der Waals surface area contributed by atoms with Crippen molar-refractivity contribution < 1.29 is 9.53 Å². The average molecular weight is 225 g/mol. The second-order valence-electron chi connectivity index (χ2n) is 4.28. The smallest absolute Gasteiger partial charge is 0.243 e. The number of nitrogens with one attached hydrogen (secondary N) is 1. The van der Waals surface area contributed by atoms with Crippen LogP contribution in [0.3, 0.4) is 0 Å². The minimum atomic E-state index is -0.0137. The van der Waals surface area contributed by atoms with Gasteiger partial charge in [0.15, 0.2) is 0 Å². The zero-order valence-corrected chi connectivity index (χ0v) is 10.2. The van der Waals surface area contributed by atoms with E-state index in [2.05, 4.69) is 5.32 Å². The molecule has 3 heteroatoms. The van der Waals surface area contributed by atoms with E-state index in [0.717, 1.165) is 13.0 Å². The first kappa shape index (κ1) is 13.2. The van der Waals surface area contributed by atoms with Gasteiger partial charge in [-0.1, -0.05) is 25.3 Å². The zero-order chi connectivity index (χ0) is 11.6. The summed E-state index contributed by atoms with van der Waals surface area (Å²) in [6.45, 7) is 3.31. The summed E-state index contributed by atoms with van der Waals surface area (Å²) in [6.07, 6.45) is 11.1. The Hall–Kier alpha value is -0.830. The van der Waals surface area contributed by atoms with E-state index in [4.69, 9.17) is 4.74 Å². The quantitative estimate of drug-likeness (QED) is 0.557. The van der Waals surface area contributed by atoms with Gasteiger partial charge in [-0.05, 0) is 32.3 Å². The van der Waals surface area contributed by atoms with Crippen molar-refractivity contribution in [2.75, 3.05) is 13.2 Å². The molecule has 0 spiro atoms. The van der Waals surface area contributed by atoms with E-state index in [0.29, 0.717) is 12.6 Å². The normalized spacial score (nSPS) is 17.8. The number of ether oxygens (including phenoxy) is 1. The maximum Gasteiger partial charge on any atom is 0.243 e. The van der Waals surface area contributed by atoms with Gasteiger partial charge < -0.3 is 10.1 Å². The number of amides is 1. The molecule has 0 aliphatic heterocycles. The van der Waals surface area contributed by atoms with Crippen molar-refractivity contribution in [1.82, 2.24) is 5.32 Å². The highest BCUT2D eigenvalue weighted by Crippen LogP contribution is 2.20. The zero-order valence-electron chi connectivity index (χ0n) is 10.2. The highest BCUT2D eigenvalue weighted by molar-refractivity contribution is 5.87. The van der Waals surface area contributed by atoms with Crippen LogP contribution in [0.15, 0.2) is 12.2 Å². The van der Waals surface area contributed by atoms with Gasteiger partial charge in [-0.15, -0.1) is 0 Å². The summed E-state index contributed by atoms with van der Waals surface area (Å²) in [6, 6.07) is 0. The van der Waals surface area contributed by atoms with Crippen LogP contribution in [-0.2, 0) is 9.53 Å². The molecule has 3 nitrogen and oxygen atoms in total. The number of hydrogen-bond acceptors (Lipinski definition) is 2. The van der Waals surface area contributed by atoms with Crippen LogP contribution in [0.4, 0.5) is 0 Å². The Labute approximate surface area is 98.2 Å². The van der Waals surface area contributed by atoms with Gasteiger partial charge in [-0.25, -0.2) is 0 Å². The fourth-order valence-electron chi connectivity index (χ4n) is 1.98. The summed E-state index contributed by atoms with van der Waals surface area (Å²) < 4.78 is 5.76. The molecule has 0 aromatic rings. The van der Waals surface area contributed by atoms with Crippen LogP contribution >= 0.6 is 0 Å². The number of carbonyl (C=O) groups excluding carboxylic acids is 1. The van der Waals surface area contributed by atoms with Crippen LogP contribution in [0.5, 0.6) is 0 Å². The first-order chi connectivity index (χ1) is 7.83. The molecule has 1 rings (SSSR count). The second kappa shape index (κ2) is 8.34. The summed E-state index contributed by atoms with van der Waals surface area (Å²) in [4.78, 5) is 11.1. The maximum atomic E-state index is 11.1. The van der Waals surface area contributed by atoms with Gasteiger partial charge in [-0.2, -0.15) is 0 Å². The SMILES string of the molecule is CC=CC(=O)NCCCOC1CCCCC1. The molecule has 0 aromatic carbocycles. The molecule has 0 radical (unpaired) electrons. The Bertz CT molecular complexity index is 220. The summed E-state index contributed by atoms with van der Waals surface area (Å²) in [5, 5.41) is 2.82. The van der Waals surface area contributed by atoms with Crippen LogP contribution in [0.1, 0.15) is 45.4 Å². The van der Waals surface area contributed by atoms with E-state index in [-0.39, 0.29) is 5.91 Å². The van der Waals surface area contributed by atoms with Crippen LogP contribution in [0.25, 0.3) is 0 Å². The molecule has 0 atom stereocenters. The summed E-state index contributed by atoms with van der Waals surface area (Å²) in [5.74, 6) is -0.0137. The van der Waals surface area contributed by atoms with E-state index in [1.54, 1.807) is 12.2 Å². The lowest BCUT2D eigenvalue weighted by atomic mass is 9.98. The first-order valence-electron chi connectivity index (χ1n) is 6.35. The Morgan fingerprint density at radius 3 is 2.81 bits per heavy atom. The number of hydrogen-bond donors (Lipinski definition) is 1. The van der Waals surface area contributed by atoms with Crippen molar-refractivity contribution in [1.29, 1.82) is 0 Å². The Kier molecular flexibility index (Phi) is 6.90. The second-order valence-corrected chi connectivity index (χ2v) is 4.28. The monoisotopic (exact) mass is 225 g/mol. The third-order valence-electron chi connectivity index (χ3n) is 2.84. The van der Waals surface area contributed by atoms with E-state index >= 15 is 0 Å². The van der Waals surface area contributed by atoms with Crippen molar-refractivity contribution in [3.05, 3.63) is 12.2 Å². The molecule has 16 heavy (non-hydrogen) atoms. The molecule has 1 aliphatic carbocycles. The fraction of sp³-hybridized carbons (Fsp3) is 0.769. The largest absolute Gasteiger partial charge is 0.378 e. The fourth-order valence-corrected chi connectivity index (χ4v) is 1.98. The molecule has 1 saturated carbocycles. The molecule has 0 saturated heterocycles. The van der Waals surface area contributed by atoms with Crippen molar-refractivity contribution in [3.63, 3.8) is 0 Å². The lowest BCUT2D eigenvalue weighted by Crippen LogP contribution is -2.24. The summed E-state index contributed by atoms with van der Waals surface area (Å²) >= 11 is 0. The van der Waals surface area contributed by atoms with Gasteiger partial charge in [0.05, 0.1) is 6.10 Å². The number of allylic oxidation sites excluding steroid dienone is 1. The van der Waals surface area contributed by atoms with Gasteiger partial charge >= 0.3 is 0 Å². The van der Waals surface area contributed by atoms with Gasteiger partial charge in [0, 0.05) is 13.2 Å². The van der Waals surface area contributed by atoms with E-state index < -0.39 is 0 Å². The lowest BCUT2D eigenvalue weighted by Gasteiger charge is -2.21. The minimum Gasteiger partial charge on any atom is -0.378 e. The third-order valence-corrected chi connectivity index (χ3v) is 2.84. The highest BCUT2D eigenvalue weighted by atomic mass is 16.5. The van der Waals surface area contributed by atoms with E-state index in [9.17, 15) is 4.79 Å². The van der Waals surface area contributed by atoms with Crippen LogP contribution in [0, 0.1) is 0 Å². The van der Waals surface area contributed by atoms with Crippen molar-refractivity contribution in [3.8, 4) is 0 Å². The predicted molar refractivity (Wildman–Crippen MR) is 65.3 cm³/mol. The van der Waals surface area contributed by atoms with Crippen LogP contribution < -0.4 is 5.32 Å². The van der Waals surface area contributed by atoms with Crippen LogP contribution in [0.2, 0.25) is 0 Å². The molecular formula is C13H23NO2. The summed E-state index contributed by atoms with van der Waals surface area (Å²) in [5.41, 5.74) is 0.